The standard InChI is InChI=1S/C56H92N4O10S2/c1-11-13-29-57(3,4)31-15-37-67-53-43-51(44-54(47-53)68-38-16-32-58(5,6)30-14-12-2)27-25-49-21-23-50(24-22-49)26-28-52-45-55(69-39-17-33-59(7,8)35-19-41-71(61,62)63)48-56(46-52)70-40-18-34-60(9,10)36-20-42-72(64,65)66/h21-28,43-48H,11-20,29-42H2,1-10H3/q+2/p+2/b27-25+,28-26+. The number of nitrogens with zero attached hydrogens (tertiary/aromatic N) is 4. The molecule has 0 aliphatic rings. The molecule has 0 spiro atoms. The highest BCUT2D eigenvalue weighted by atomic mass is 32.2. The van der Waals surface area contributed by atoms with Crippen molar-refractivity contribution < 1.29 is 62.8 Å². The number of hydrogen-bond acceptors (Lipinski definition) is 8. The minimum absolute atomic E-state index is 0.252. The number of unbranched alkanes of at least 4 members (excludes halogenated alkanes) is 2. The smallest absolute Gasteiger partial charge is 0.265 e. The van der Waals surface area contributed by atoms with E-state index in [-0.39, 0.29) is 11.5 Å². The third kappa shape index (κ3) is 29.0. The van der Waals surface area contributed by atoms with Gasteiger partial charge in [0.2, 0.25) is 0 Å². The average Bonchev–Trinajstić information content (AvgIpc) is 3.29. The highest BCUT2D eigenvalue weighted by Crippen LogP contribution is 2.27. The molecule has 0 bridgehead atoms. The molecule has 3 aromatic rings. The number of ether oxygens (including phenoxy) is 4. The summed E-state index contributed by atoms with van der Waals surface area (Å²) in [4.78, 5) is 0. The van der Waals surface area contributed by atoms with Crippen molar-refractivity contribution >= 4 is 44.5 Å². The van der Waals surface area contributed by atoms with Crippen molar-refractivity contribution in [2.45, 2.75) is 78.1 Å². The number of hydrogen-bond donors (Lipinski definition) is 2. The van der Waals surface area contributed by atoms with Crippen LogP contribution >= 0.6 is 0 Å². The van der Waals surface area contributed by atoms with E-state index in [2.05, 4.69) is 96.7 Å². The quantitative estimate of drug-likeness (QED) is 0.0246. The summed E-state index contributed by atoms with van der Waals surface area (Å²) in [7, 11) is 9.36. The summed E-state index contributed by atoms with van der Waals surface area (Å²) in [5, 5.41) is 0. The lowest BCUT2D eigenvalue weighted by molar-refractivity contribution is -0.890. The Morgan fingerprint density at radius 3 is 0.861 bits per heavy atom. The van der Waals surface area contributed by atoms with E-state index in [9.17, 15) is 16.8 Å². The SMILES string of the molecule is CCCC[N+](C)(C)CCCOc1cc(/C=C/c2ccc(/C=C/c3cc(OCCC[N+](C)(C)CCCS(=O)(=O)O)cc(OCCC[N+](C)(C)CCCS(=O)(=O)O)c3)cc2)cc(OCCC[N+](C)(C)CCCC)c1. The van der Waals surface area contributed by atoms with Crippen LogP contribution in [-0.2, 0) is 20.2 Å². The van der Waals surface area contributed by atoms with Gasteiger partial charge in [-0.05, 0) is 59.4 Å². The molecular formula is C56H94N4O10S2+4. The molecule has 0 heterocycles. The molecule has 0 aliphatic carbocycles. The minimum Gasteiger partial charge on any atom is -0.493 e. The lowest BCUT2D eigenvalue weighted by Crippen LogP contribution is -2.42. The summed E-state index contributed by atoms with van der Waals surface area (Å²) in [5.41, 5.74) is 4.02. The monoisotopic (exact) mass is 1050 g/mol. The van der Waals surface area contributed by atoms with Gasteiger partial charge in [-0.25, -0.2) is 0 Å². The van der Waals surface area contributed by atoms with Crippen molar-refractivity contribution in [1.29, 1.82) is 0 Å². The Morgan fingerprint density at radius 2 is 0.611 bits per heavy atom. The molecule has 3 aromatic carbocycles. The van der Waals surface area contributed by atoms with Crippen LogP contribution in [0.15, 0.2) is 60.7 Å². The second-order valence-electron chi connectivity index (χ2n) is 22.1. The summed E-state index contributed by atoms with van der Waals surface area (Å²) < 4.78 is 91.6. The van der Waals surface area contributed by atoms with Gasteiger partial charge in [0.1, 0.15) is 23.0 Å². The Morgan fingerprint density at radius 1 is 0.375 bits per heavy atom. The number of benzene rings is 3. The first kappa shape index (κ1) is 62.3. The summed E-state index contributed by atoms with van der Waals surface area (Å²) in [6.07, 6.45) is 17.4. The van der Waals surface area contributed by atoms with Crippen LogP contribution in [-0.4, -0.2) is 191 Å². The second kappa shape index (κ2) is 30.4. The summed E-state index contributed by atoms with van der Waals surface area (Å²) in [6, 6.07) is 20.4. The molecule has 0 unspecified atom stereocenters. The van der Waals surface area contributed by atoms with Crippen LogP contribution in [0.3, 0.4) is 0 Å². The molecule has 0 aliphatic heterocycles. The molecule has 0 amide bonds. The van der Waals surface area contributed by atoms with Gasteiger partial charge in [-0.15, -0.1) is 0 Å². The zero-order chi connectivity index (χ0) is 53.3. The van der Waals surface area contributed by atoms with Crippen LogP contribution in [0.2, 0.25) is 0 Å². The third-order valence-electron chi connectivity index (χ3n) is 12.9. The molecule has 0 saturated heterocycles. The molecular weight excluding hydrogens is 953 g/mol. The van der Waals surface area contributed by atoms with Crippen molar-refractivity contribution in [2.24, 2.45) is 0 Å². The van der Waals surface area contributed by atoms with Crippen LogP contribution in [0.5, 0.6) is 23.0 Å². The average molecular weight is 1050 g/mol. The van der Waals surface area contributed by atoms with E-state index in [4.69, 9.17) is 28.1 Å². The molecule has 0 fully saturated rings. The number of quaternary nitrogens is 4. The van der Waals surface area contributed by atoms with E-state index in [0.717, 1.165) is 94.6 Å². The van der Waals surface area contributed by atoms with Gasteiger partial charge in [-0.1, -0.05) is 75.3 Å². The van der Waals surface area contributed by atoms with Crippen molar-refractivity contribution in [3.63, 3.8) is 0 Å². The van der Waals surface area contributed by atoms with Crippen LogP contribution in [0, 0.1) is 0 Å². The summed E-state index contributed by atoms with van der Waals surface area (Å²) in [5.74, 6) is 2.47. The van der Waals surface area contributed by atoms with Crippen LogP contribution in [0.1, 0.15) is 100 Å². The van der Waals surface area contributed by atoms with Crippen LogP contribution in [0.25, 0.3) is 24.3 Å². The van der Waals surface area contributed by atoms with Gasteiger partial charge in [-0.3, -0.25) is 9.11 Å². The fourth-order valence-electron chi connectivity index (χ4n) is 8.52. The topological polar surface area (TPSA) is 146 Å². The summed E-state index contributed by atoms with van der Waals surface area (Å²) >= 11 is 0. The van der Waals surface area contributed by atoms with Gasteiger partial charge in [-0.2, -0.15) is 16.8 Å². The maximum Gasteiger partial charge on any atom is 0.265 e. The van der Waals surface area contributed by atoms with E-state index < -0.39 is 20.2 Å². The predicted octanol–water partition coefficient (Wildman–Crippen LogP) is 9.56. The molecule has 0 saturated carbocycles. The van der Waals surface area contributed by atoms with Crippen molar-refractivity contribution in [3.05, 3.63) is 82.9 Å². The molecule has 72 heavy (non-hydrogen) atoms. The van der Waals surface area contributed by atoms with Gasteiger partial charge >= 0.3 is 0 Å². The first-order valence-corrected chi connectivity index (χ1v) is 29.4. The van der Waals surface area contributed by atoms with Crippen LogP contribution < -0.4 is 18.9 Å². The molecule has 2 N–H and O–H groups in total. The van der Waals surface area contributed by atoms with Gasteiger partial charge in [0.15, 0.2) is 0 Å². The molecule has 14 nitrogen and oxygen atoms in total. The highest BCUT2D eigenvalue weighted by molar-refractivity contribution is 7.86. The Bertz CT molecular complexity index is 2210. The summed E-state index contributed by atoms with van der Waals surface area (Å²) in [6.45, 7) is 13.9. The highest BCUT2D eigenvalue weighted by Gasteiger charge is 2.19. The van der Waals surface area contributed by atoms with E-state index in [1.807, 2.05) is 58.5 Å². The van der Waals surface area contributed by atoms with Gasteiger partial charge in [0.05, 0.1) is 147 Å². The first-order valence-electron chi connectivity index (χ1n) is 26.2. The lowest BCUT2D eigenvalue weighted by atomic mass is 10.1. The van der Waals surface area contributed by atoms with Gasteiger partial charge in [0, 0.05) is 50.7 Å². The van der Waals surface area contributed by atoms with E-state index in [1.165, 1.54) is 38.8 Å². The van der Waals surface area contributed by atoms with Crippen molar-refractivity contribution in [2.75, 3.05) is 147 Å². The van der Waals surface area contributed by atoms with E-state index >= 15 is 0 Å². The van der Waals surface area contributed by atoms with E-state index in [1.54, 1.807) is 0 Å². The van der Waals surface area contributed by atoms with Crippen molar-refractivity contribution in [1.82, 2.24) is 0 Å². The minimum atomic E-state index is -3.99. The maximum absolute atomic E-state index is 11.2. The molecule has 0 radical (unpaired) electrons. The Kier molecular flexibility index (Phi) is 26.3. The largest absolute Gasteiger partial charge is 0.493 e. The fraction of sp³-hybridized carbons (Fsp3) is 0.607. The first-order chi connectivity index (χ1) is 33.7. The third-order valence-corrected chi connectivity index (χ3v) is 14.6. The molecule has 406 valence electrons. The van der Waals surface area contributed by atoms with Gasteiger partial charge in [0.25, 0.3) is 20.2 Å². The van der Waals surface area contributed by atoms with Gasteiger partial charge < -0.3 is 36.9 Å². The molecule has 0 aromatic heterocycles. The molecule has 3 rings (SSSR count). The fourth-order valence-corrected chi connectivity index (χ4v) is 9.50. The van der Waals surface area contributed by atoms with Crippen molar-refractivity contribution in [3.8, 4) is 23.0 Å². The predicted molar refractivity (Wildman–Crippen MR) is 297 cm³/mol. The Balaban J connectivity index is 1.74. The Labute approximate surface area is 436 Å². The van der Waals surface area contributed by atoms with Crippen LogP contribution in [0.4, 0.5) is 0 Å². The molecule has 16 heteroatoms. The number of rotatable bonds is 38. The zero-order valence-corrected chi connectivity index (χ0v) is 47.5. The lowest BCUT2D eigenvalue weighted by Gasteiger charge is -2.29. The Hall–Kier alpha value is -4.00. The zero-order valence-electron chi connectivity index (χ0n) is 45.8. The second-order valence-corrected chi connectivity index (χ2v) is 25.3. The van der Waals surface area contributed by atoms with E-state index in [0.29, 0.717) is 72.8 Å². The molecule has 0 atom stereocenters. The normalized spacial score (nSPS) is 13.1. The maximum atomic E-state index is 11.2.